The molecule has 2 aromatic heterocycles. The predicted octanol–water partition coefficient (Wildman–Crippen LogP) is 1.97. The second kappa shape index (κ2) is 3.57. The summed E-state index contributed by atoms with van der Waals surface area (Å²) >= 11 is 0. The highest BCUT2D eigenvalue weighted by atomic mass is 19.1. The van der Waals surface area contributed by atoms with Crippen LogP contribution in [0.4, 0.5) is 4.39 Å². The molecule has 3 nitrogen and oxygen atoms in total. The Morgan fingerprint density at radius 1 is 1.36 bits per heavy atom. The SMILES string of the molecule is CCc1nccn1-c1ccc(F)cn1. The number of halogens is 1. The van der Waals surface area contributed by atoms with Crippen LogP contribution in [0.1, 0.15) is 12.7 Å². The maximum absolute atomic E-state index is 12.6. The van der Waals surface area contributed by atoms with E-state index in [1.54, 1.807) is 12.3 Å². The molecule has 72 valence electrons. The summed E-state index contributed by atoms with van der Waals surface area (Å²) < 4.78 is 14.5. The quantitative estimate of drug-likeness (QED) is 0.726. The van der Waals surface area contributed by atoms with E-state index in [4.69, 9.17) is 0 Å². The zero-order valence-corrected chi connectivity index (χ0v) is 7.81. The fourth-order valence-electron chi connectivity index (χ4n) is 1.32. The van der Waals surface area contributed by atoms with Crippen molar-refractivity contribution in [1.82, 2.24) is 14.5 Å². The molecule has 0 spiro atoms. The molecule has 0 atom stereocenters. The Bertz CT molecular complexity index is 419. The largest absolute Gasteiger partial charge is 0.288 e. The van der Waals surface area contributed by atoms with Crippen LogP contribution in [0.5, 0.6) is 0 Å². The molecule has 0 fully saturated rings. The number of aryl methyl sites for hydroxylation is 1. The number of nitrogens with zero attached hydrogens (tertiary/aromatic N) is 3. The van der Waals surface area contributed by atoms with Crippen LogP contribution in [0, 0.1) is 5.82 Å². The van der Waals surface area contributed by atoms with Gasteiger partial charge in [0, 0.05) is 18.8 Å². The van der Waals surface area contributed by atoms with E-state index in [0.29, 0.717) is 5.82 Å². The van der Waals surface area contributed by atoms with Gasteiger partial charge in [0.05, 0.1) is 6.20 Å². The van der Waals surface area contributed by atoms with E-state index < -0.39 is 0 Å². The molecule has 0 N–H and O–H groups in total. The van der Waals surface area contributed by atoms with Crippen molar-refractivity contribution in [3.05, 3.63) is 42.4 Å². The fourth-order valence-corrected chi connectivity index (χ4v) is 1.32. The van der Waals surface area contributed by atoms with Gasteiger partial charge in [-0.05, 0) is 12.1 Å². The van der Waals surface area contributed by atoms with E-state index in [1.165, 1.54) is 12.3 Å². The molecule has 14 heavy (non-hydrogen) atoms. The van der Waals surface area contributed by atoms with Crippen molar-refractivity contribution in [3.8, 4) is 5.82 Å². The molecule has 2 heterocycles. The summed E-state index contributed by atoms with van der Waals surface area (Å²) in [5.41, 5.74) is 0. The second-order valence-electron chi connectivity index (χ2n) is 2.90. The van der Waals surface area contributed by atoms with Crippen LogP contribution in [-0.4, -0.2) is 14.5 Å². The Kier molecular flexibility index (Phi) is 2.26. The highest BCUT2D eigenvalue weighted by Gasteiger charge is 2.03. The average Bonchev–Trinajstić information content (AvgIpc) is 2.67. The van der Waals surface area contributed by atoms with Gasteiger partial charge < -0.3 is 0 Å². The number of hydrogen-bond acceptors (Lipinski definition) is 2. The Balaban J connectivity index is 2.44. The lowest BCUT2D eigenvalue weighted by Gasteiger charge is -2.04. The van der Waals surface area contributed by atoms with Gasteiger partial charge in [0.25, 0.3) is 0 Å². The van der Waals surface area contributed by atoms with E-state index in [9.17, 15) is 4.39 Å². The van der Waals surface area contributed by atoms with Gasteiger partial charge >= 0.3 is 0 Å². The van der Waals surface area contributed by atoms with Gasteiger partial charge in [-0.25, -0.2) is 14.4 Å². The van der Waals surface area contributed by atoms with Crippen molar-refractivity contribution in [2.45, 2.75) is 13.3 Å². The average molecular weight is 191 g/mol. The molecule has 0 unspecified atom stereocenters. The van der Waals surface area contributed by atoms with Gasteiger partial charge in [0.2, 0.25) is 0 Å². The summed E-state index contributed by atoms with van der Waals surface area (Å²) in [5, 5.41) is 0. The third-order valence-electron chi connectivity index (χ3n) is 1.99. The lowest BCUT2D eigenvalue weighted by atomic mass is 10.4. The molecule has 2 rings (SSSR count). The van der Waals surface area contributed by atoms with Crippen LogP contribution in [-0.2, 0) is 6.42 Å². The molecule has 2 aromatic rings. The van der Waals surface area contributed by atoms with Crippen molar-refractivity contribution < 1.29 is 4.39 Å². The molecule has 0 aliphatic rings. The van der Waals surface area contributed by atoms with E-state index in [-0.39, 0.29) is 5.82 Å². The molecule has 0 radical (unpaired) electrons. The lowest BCUT2D eigenvalue weighted by Crippen LogP contribution is -2.01. The van der Waals surface area contributed by atoms with E-state index in [0.717, 1.165) is 12.2 Å². The number of pyridine rings is 1. The maximum Gasteiger partial charge on any atom is 0.141 e. The van der Waals surface area contributed by atoms with Crippen molar-refractivity contribution in [3.63, 3.8) is 0 Å². The molecule has 0 aromatic carbocycles. The van der Waals surface area contributed by atoms with Crippen LogP contribution in [0.25, 0.3) is 5.82 Å². The molecular formula is C10H10FN3. The van der Waals surface area contributed by atoms with Crippen LogP contribution >= 0.6 is 0 Å². The van der Waals surface area contributed by atoms with Gasteiger partial charge in [0.15, 0.2) is 0 Å². The summed E-state index contributed by atoms with van der Waals surface area (Å²) in [4.78, 5) is 8.14. The zero-order valence-electron chi connectivity index (χ0n) is 7.81. The topological polar surface area (TPSA) is 30.7 Å². The standard InChI is InChI=1S/C10H10FN3/c1-2-9-12-5-6-14(9)10-4-3-8(11)7-13-10/h3-7H,2H2,1H3. The van der Waals surface area contributed by atoms with E-state index in [1.807, 2.05) is 17.7 Å². The van der Waals surface area contributed by atoms with Crippen molar-refractivity contribution in [2.75, 3.05) is 0 Å². The Morgan fingerprint density at radius 3 is 2.86 bits per heavy atom. The highest BCUT2D eigenvalue weighted by molar-refractivity contribution is 5.24. The van der Waals surface area contributed by atoms with Crippen molar-refractivity contribution >= 4 is 0 Å². The Labute approximate surface area is 81.2 Å². The first-order chi connectivity index (χ1) is 6.81. The van der Waals surface area contributed by atoms with E-state index in [2.05, 4.69) is 9.97 Å². The summed E-state index contributed by atoms with van der Waals surface area (Å²) in [6.07, 6.45) is 5.56. The van der Waals surface area contributed by atoms with Crippen LogP contribution < -0.4 is 0 Å². The number of rotatable bonds is 2. The monoisotopic (exact) mass is 191 g/mol. The van der Waals surface area contributed by atoms with Gasteiger partial charge in [-0.1, -0.05) is 6.92 Å². The predicted molar refractivity (Wildman–Crippen MR) is 50.7 cm³/mol. The third-order valence-corrected chi connectivity index (χ3v) is 1.99. The van der Waals surface area contributed by atoms with Crippen LogP contribution in [0.2, 0.25) is 0 Å². The van der Waals surface area contributed by atoms with Gasteiger partial charge in [-0.2, -0.15) is 0 Å². The first-order valence-electron chi connectivity index (χ1n) is 4.45. The van der Waals surface area contributed by atoms with Crippen LogP contribution in [0.3, 0.4) is 0 Å². The van der Waals surface area contributed by atoms with Crippen LogP contribution in [0.15, 0.2) is 30.7 Å². The van der Waals surface area contributed by atoms with Gasteiger partial charge in [-0.3, -0.25) is 4.57 Å². The summed E-state index contributed by atoms with van der Waals surface area (Å²) in [7, 11) is 0. The molecule has 0 aliphatic heterocycles. The smallest absolute Gasteiger partial charge is 0.141 e. The second-order valence-corrected chi connectivity index (χ2v) is 2.90. The number of hydrogen-bond donors (Lipinski definition) is 0. The fraction of sp³-hybridized carbons (Fsp3) is 0.200. The summed E-state index contributed by atoms with van der Waals surface area (Å²) in [5.74, 6) is 1.29. The molecule has 0 saturated carbocycles. The van der Waals surface area contributed by atoms with Gasteiger partial charge in [-0.15, -0.1) is 0 Å². The molecule has 0 saturated heterocycles. The first kappa shape index (κ1) is 8.87. The Morgan fingerprint density at radius 2 is 2.21 bits per heavy atom. The Hall–Kier alpha value is -1.71. The van der Waals surface area contributed by atoms with Crippen molar-refractivity contribution in [1.29, 1.82) is 0 Å². The van der Waals surface area contributed by atoms with E-state index >= 15 is 0 Å². The third kappa shape index (κ3) is 1.51. The highest BCUT2D eigenvalue weighted by Crippen LogP contribution is 2.08. The molecule has 0 bridgehead atoms. The molecule has 0 amide bonds. The van der Waals surface area contributed by atoms with Crippen molar-refractivity contribution in [2.24, 2.45) is 0 Å². The zero-order chi connectivity index (χ0) is 9.97. The van der Waals surface area contributed by atoms with Gasteiger partial charge in [0.1, 0.15) is 17.5 Å². The normalized spacial score (nSPS) is 10.4. The minimum Gasteiger partial charge on any atom is -0.288 e. The minimum atomic E-state index is -0.327. The summed E-state index contributed by atoms with van der Waals surface area (Å²) in [6.45, 7) is 2.02. The molecule has 4 heteroatoms. The summed E-state index contributed by atoms with van der Waals surface area (Å²) in [6, 6.07) is 3.03. The lowest BCUT2D eigenvalue weighted by molar-refractivity contribution is 0.620. The number of aromatic nitrogens is 3. The maximum atomic E-state index is 12.6. The minimum absolute atomic E-state index is 0.327. The molecular weight excluding hydrogens is 181 g/mol. The number of imidazole rings is 1. The molecule has 0 aliphatic carbocycles. The first-order valence-corrected chi connectivity index (χ1v) is 4.45.